The maximum absolute atomic E-state index is 13.3. The molecule has 1 aliphatic heterocycles. The van der Waals surface area contributed by atoms with E-state index < -0.39 is 16.0 Å². The Hall–Kier alpha value is -2.98. The van der Waals surface area contributed by atoms with E-state index in [-0.39, 0.29) is 35.9 Å². The molecule has 2 atom stereocenters. The number of pyridine rings is 1. The standard InChI is InChI=1S/C23H28N4O5S/c1-14(2)32-22-8-6-17(11-24-22)33(30,31)26-12-16(4)21(13-26)27-20-9-15(3)5-7-18(20)19(25-27)10-23(28)29/h5-9,11,14,16,21H,10,12-13H2,1-4H3,(H,28,29)/t16-,21+/m1/s1. The summed E-state index contributed by atoms with van der Waals surface area (Å²) < 4.78 is 35.4. The number of carbonyl (C=O) groups is 1. The first-order chi connectivity index (χ1) is 15.6. The number of aliphatic carboxylic acids is 1. The van der Waals surface area contributed by atoms with Crippen molar-refractivity contribution in [3.63, 3.8) is 0 Å². The van der Waals surface area contributed by atoms with Gasteiger partial charge in [-0.1, -0.05) is 19.1 Å². The minimum absolute atomic E-state index is 0.0161. The van der Waals surface area contributed by atoms with E-state index >= 15 is 0 Å². The summed E-state index contributed by atoms with van der Waals surface area (Å²) in [6.07, 6.45) is 1.08. The van der Waals surface area contributed by atoms with Crippen molar-refractivity contribution < 1.29 is 23.1 Å². The molecular formula is C23H28N4O5S. The molecule has 0 aliphatic carbocycles. The Morgan fingerprint density at radius 3 is 2.64 bits per heavy atom. The summed E-state index contributed by atoms with van der Waals surface area (Å²) in [4.78, 5) is 15.6. The number of ether oxygens (including phenoxy) is 1. The number of aryl methyl sites for hydroxylation is 1. The van der Waals surface area contributed by atoms with E-state index in [1.165, 1.54) is 16.6 Å². The highest BCUT2D eigenvalue weighted by Crippen LogP contribution is 2.35. The molecule has 1 saturated heterocycles. The first-order valence-corrected chi connectivity index (χ1v) is 12.3. The Morgan fingerprint density at radius 2 is 2.00 bits per heavy atom. The van der Waals surface area contributed by atoms with Gasteiger partial charge in [0.15, 0.2) is 0 Å². The van der Waals surface area contributed by atoms with Crippen molar-refractivity contribution in [1.82, 2.24) is 19.1 Å². The summed E-state index contributed by atoms with van der Waals surface area (Å²) in [6, 6.07) is 8.63. The number of carboxylic acid groups (broad SMARTS) is 1. The third kappa shape index (κ3) is 4.58. The minimum atomic E-state index is -3.75. The zero-order valence-corrected chi connectivity index (χ0v) is 19.9. The Balaban J connectivity index is 1.64. The Labute approximate surface area is 193 Å². The van der Waals surface area contributed by atoms with Crippen molar-refractivity contribution in [1.29, 1.82) is 0 Å². The highest BCUT2D eigenvalue weighted by atomic mass is 32.2. The van der Waals surface area contributed by atoms with Gasteiger partial charge in [0.25, 0.3) is 0 Å². The molecule has 1 fully saturated rings. The van der Waals surface area contributed by atoms with E-state index in [0.717, 1.165) is 16.5 Å². The van der Waals surface area contributed by atoms with Gasteiger partial charge in [0, 0.05) is 24.5 Å². The smallest absolute Gasteiger partial charge is 0.309 e. The monoisotopic (exact) mass is 472 g/mol. The lowest BCUT2D eigenvalue weighted by atomic mass is 10.1. The molecule has 0 bridgehead atoms. The van der Waals surface area contributed by atoms with E-state index in [2.05, 4.69) is 10.1 Å². The molecule has 1 N–H and O–H groups in total. The molecule has 4 rings (SSSR count). The normalized spacial score (nSPS) is 19.4. The van der Waals surface area contributed by atoms with Crippen molar-refractivity contribution in [2.24, 2.45) is 5.92 Å². The fourth-order valence-electron chi connectivity index (χ4n) is 4.24. The zero-order valence-electron chi connectivity index (χ0n) is 19.1. The van der Waals surface area contributed by atoms with Crippen molar-refractivity contribution in [3.05, 3.63) is 47.8 Å². The van der Waals surface area contributed by atoms with Gasteiger partial charge in [-0.15, -0.1) is 0 Å². The lowest BCUT2D eigenvalue weighted by Gasteiger charge is -2.18. The number of nitrogens with zero attached hydrogens (tertiary/aromatic N) is 4. The van der Waals surface area contributed by atoms with Gasteiger partial charge in [0.1, 0.15) is 4.90 Å². The predicted octanol–water partition coefficient (Wildman–Crippen LogP) is 3.04. The molecule has 176 valence electrons. The first kappa shape index (κ1) is 23.2. The molecule has 0 spiro atoms. The van der Waals surface area contributed by atoms with Gasteiger partial charge in [0.2, 0.25) is 15.9 Å². The van der Waals surface area contributed by atoms with Crippen LogP contribution in [0.15, 0.2) is 41.4 Å². The van der Waals surface area contributed by atoms with Crippen LogP contribution in [0.5, 0.6) is 5.88 Å². The Bertz CT molecular complexity index is 1280. The number of hydrogen-bond acceptors (Lipinski definition) is 6. The van der Waals surface area contributed by atoms with Crippen LogP contribution >= 0.6 is 0 Å². The fraction of sp³-hybridized carbons (Fsp3) is 0.435. The van der Waals surface area contributed by atoms with Gasteiger partial charge in [-0.3, -0.25) is 9.48 Å². The number of rotatable bonds is 7. The van der Waals surface area contributed by atoms with Crippen LogP contribution in [0, 0.1) is 12.8 Å². The summed E-state index contributed by atoms with van der Waals surface area (Å²) >= 11 is 0. The van der Waals surface area contributed by atoms with Crippen LogP contribution in [-0.2, 0) is 21.2 Å². The van der Waals surface area contributed by atoms with Gasteiger partial charge in [-0.05, 0) is 44.4 Å². The molecule has 0 saturated carbocycles. The second-order valence-corrected chi connectivity index (χ2v) is 10.8. The third-order valence-electron chi connectivity index (χ3n) is 5.81. The van der Waals surface area contributed by atoms with Crippen molar-refractivity contribution in [2.75, 3.05) is 13.1 Å². The van der Waals surface area contributed by atoms with E-state index in [9.17, 15) is 18.3 Å². The molecule has 0 radical (unpaired) electrons. The average molecular weight is 473 g/mol. The van der Waals surface area contributed by atoms with Crippen LogP contribution < -0.4 is 4.74 Å². The largest absolute Gasteiger partial charge is 0.481 e. The van der Waals surface area contributed by atoms with Crippen LogP contribution in [0.2, 0.25) is 0 Å². The zero-order chi connectivity index (χ0) is 23.9. The molecule has 1 aromatic carbocycles. The van der Waals surface area contributed by atoms with Gasteiger partial charge in [-0.2, -0.15) is 9.40 Å². The van der Waals surface area contributed by atoms with Crippen LogP contribution in [0.3, 0.4) is 0 Å². The predicted molar refractivity (Wildman–Crippen MR) is 123 cm³/mol. The van der Waals surface area contributed by atoms with Crippen LogP contribution in [-0.4, -0.2) is 57.8 Å². The summed E-state index contributed by atoms with van der Waals surface area (Å²) in [6.45, 7) is 8.27. The van der Waals surface area contributed by atoms with E-state index in [0.29, 0.717) is 18.1 Å². The Morgan fingerprint density at radius 1 is 1.24 bits per heavy atom. The maximum atomic E-state index is 13.3. The summed E-state index contributed by atoms with van der Waals surface area (Å²) in [5, 5.41) is 14.7. The van der Waals surface area contributed by atoms with Gasteiger partial charge in [0.05, 0.1) is 36.0 Å². The van der Waals surface area contributed by atoms with Gasteiger partial charge >= 0.3 is 5.97 Å². The van der Waals surface area contributed by atoms with E-state index in [1.54, 1.807) is 10.7 Å². The molecular weight excluding hydrogens is 444 g/mol. The topological polar surface area (TPSA) is 115 Å². The highest BCUT2D eigenvalue weighted by molar-refractivity contribution is 7.89. The molecule has 1 aliphatic rings. The lowest BCUT2D eigenvalue weighted by Crippen LogP contribution is -2.29. The fourth-order valence-corrected chi connectivity index (χ4v) is 5.74. The third-order valence-corrected chi connectivity index (χ3v) is 7.63. The average Bonchev–Trinajstić information content (AvgIpc) is 3.28. The number of carboxylic acids is 1. The second kappa shape index (κ2) is 8.75. The maximum Gasteiger partial charge on any atom is 0.309 e. The minimum Gasteiger partial charge on any atom is -0.481 e. The molecule has 0 amide bonds. The van der Waals surface area contributed by atoms with Gasteiger partial charge in [-0.25, -0.2) is 13.4 Å². The number of aromatic nitrogens is 3. The number of hydrogen-bond donors (Lipinski definition) is 1. The summed E-state index contributed by atoms with van der Waals surface area (Å²) in [5.74, 6) is -0.596. The SMILES string of the molecule is Cc1ccc2c(CC(=O)O)nn([C@H]3CN(S(=O)(=O)c4ccc(OC(C)C)nc4)C[C@H]3C)c2c1. The molecule has 0 unspecified atom stereocenters. The van der Waals surface area contributed by atoms with E-state index in [1.807, 2.05) is 45.9 Å². The van der Waals surface area contributed by atoms with E-state index in [4.69, 9.17) is 4.74 Å². The van der Waals surface area contributed by atoms with Crippen LogP contribution in [0.4, 0.5) is 0 Å². The van der Waals surface area contributed by atoms with Gasteiger partial charge < -0.3 is 9.84 Å². The summed E-state index contributed by atoms with van der Waals surface area (Å²) in [5.41, 5.74) is 2.32. The van der Waals surface area contributed by atoms with Crippen LogP contribution in [0.25, 0.3) is 10.9 Å². The highest BCUT2D eigenvalue weighted by Gasteiger charge is 2.39. The molecule has 3 heterocycles. The lowest BCUT2D eigenvalue weighted by molar-refractivity contribution is -0.136. The molecule has 9 nitrogen and oxygen atoms in total. The van der Waals surface area contributed by atoms with Crippen LogP contribution in [0.1, 0.15) is 38.1 Å². The first-order valence-electron chi connectivity index (χ1n) is 10.9. The molecule has 10 heteroatoms. The second-order valence-electron chi connectivity index (χ2n) is 8.85. The summed E-state index contributed by atoms with van der Waals surface area (Å²) in [7, 11) is -3.75. The van der Waals surface area contributed by atoms with Crippen molar-refractivity contribution in [3.8, 4) is 5.88 Å². The molecule has 2 aromatic heterocycles. The van der Waals surface area contributed by atoms with Crippen molar-refractivity contribution >= 4 is 26.9 Å². The number of benzene rings is 1. The number of sulfonamides is 1. The van der Waals surface area contributed by atoms with Crippen molar-refractivity contribution in [2.45, 2.75) is 51.2 Å². The Kier molecular flexibility index (Phi) is 6.15. The molecule has 3 aromatic rings. The quantitative estimate of drug-likeness (QED) is 0.562. The number of fused-ring (bicyclic) bond motifs is 1. The molecule has 33 heavy (non-hydrogen) atoms.